The second-order valence-electron chi connectivity index (χ2n) is 5.60. The maximum Gasteiger partial charge on any atom is 0.375 e. The number of hydrogen-bond acceptors (Lipinski definition) is 4. The Balaban J connectivity index is 1.71. The van der Waals surface area contributed by atoms with Crippen LogP contribution in [-0.2, 0) is 9.53 Å². The number of furan rings is 1. The molecule has 0 aliphatic heterocycles. The number of amides is 1. The number of nitrogens with one attached hydrogen (secondary N) is 1. The molecule has 0 aliphatic carbocycles. The Kier molecular flexibility index (Phi) is 4.76. The highest BCUT2D eigenvalue weighted by Crippen LogP contribution is 2.25. The van der Waals surface area contributed by atoms with E-state index in [-0.39, 0.29) is 5.76 Å². The molecule has 25 heavy (non-hydrogen) atoms. The zero-order chi connectivity index (χ0) is 18.0. The molecule has 0 bridgehead atoms. The van der Waals surface area contributed by atoms with Crippen LogP contribution in [0.2, 0.25) is 5.02 Å². The van der Waals surface area contributed by atoms with Crippen molar-refractivity contribution in [2.24, 2.45) is 0 Å². The molecule has 0 fully saturated rings. The summed E-state index contributed by atoms with van der Waals surface area (Å²) in [4.78, 5) is 24.5. The van der Waals surface area contributed by atoms with Gasteiger partial charge in [0.15, 0.2) is 6.10 Å². The minimum absolute atomic E-state index is 0.101. The Hall–Kier alpha value is -2.79. The van der Waals surface area contributed by atoms with E-state index >= 15 is 0 Å². The first-order valence-corrected chi connectivity index (χ1v) is 8.09. The van der Waals surface area contributed by atoms with E-state index in [1.807, 2.05) is 18.2 Å². The van der Waals surface area contributed by atoms with Crippen LogP contribution >= 0.6 is 11.6 Å². The van der Waals surface area contributed by atoms with Gasteiger partial charge in [-0.25, -0.2) is 4.79 Å². The number of carbonyl (C=O) groups excluding carboxylic acids is 2. The van der Waals surface area contributed by atoms with Crippen molar-refractivity contribution >= 4 is 40.1 Å². The first-order valence-electron chi connectivity index (χ1n) is 7.71. The van der Waals surface area contributed by atoms with E-state index in [0.717, 1.165) is 5.39 Å². The monoisotopic (exact) mass is 357 g/mol. The van der Waals surface area contributed by atoms with Gasteiger partial charge >= 0.3 is 5.97 Å². The number of ether oxygens (including phenoxy) is 1. The number of hydrogen-bond donors (Lipinski definition) is 1. The van der Waals surface area contributed by atoms with Gasteiger partial charge in [0.25, 0.3) is 5.91 Å². The third-order valence-corrected chi connectivity index (χ3v) is 4.01. The number of esters is 1. The summed E-state index contributed by atoms with van der Waals surface area (Å²) in [6, 6.07) is 14.0. The van der Waals surface area contributed by atoms with E-state index in [1.54, 1.807) is 37.3 Å². The van der Waals surface area contributed by atoms with Crippen LogP contribution in [0, 0.1) is 6.92 Å². The second-order valence-corrected chi connectivity index (χ2v) is 6.04. The highest BCUT2D eigenvalue weighted by Gasteiger charge is 2.24. The molecule has 2 aromatic carbocycles. The number of para-hydroxylation sites is 1. The van der Waals surface area contributed by atoms with E-state index < -0.39 is 18.0 Å². The minimum atomic E-state index is -0.987. The third kappa shape index (κ3) is 3.67. The summed E-state index contributed by atoms with van der Waals surface area (Å²) in [7, 11) is 0. The van der Waals surface area contributed by atoms with Crippen molar-refractivity contribution in [3.05, 3.63) is 64.9 Å². The van der Waals surface area contributed by atoms with E-state index in [2.05, 4.69) is 5.32 Å². The van der Waals surface area contributed by atoms with Crippen molar-refractivity contribution in [1.29, 1.82) is 0 Å². The fourth-order valence-electron chi connectivity index (χ4n) is 2.45. The molecule has 0 aliphatic rings. The molecule has 3 rings (SSSR count). The number of halogens is 1. The maximum atomic E-state index is 12.3. The molecule has 0 radical (unpaired) electrons. The maximum absolute atomic E-state index is 12.3. The Morgan fingerprint density at radius 2 is 1.92 bits per heavy atom. The van der Waals surface area contributed by atoms with Crippen LogP contribution in [0.4, 0.5) is 5.69 Å². The average molecular weight is 358 g/mol. The lowest BCUT2D eigenvalue weighted by molar-refractivity contribution is -0.123. The van der Waals surface area contributed by atoms with Crippen molar-refractivity contribution in [3.63, 3.8) is 0 Å². The molecular weight excluding hydrogens is 342 g/mol. The molecule has 5 nitrogen and oxygen atoms in total. The predicted octanol–water partition coefficient (Wildman–Crippen LogP) is 4.58. The van der Waals surface area contributed by atoms with Gasteiger partial charge < -0.3 is 14.5 Å². The van der Waals surface area contributed by atoms with Crippen LogP contribution in [0.5, 0.6) is 0 Å². The molecule has 6 heteroatoms. The highest BCUT2D eigenvalue weighted by atomic mass is 35.5. The zero-order valence-corrected chi connectivity index (χ0v) is 14.5. The van der Waals surface area contributed by atoms with Crippen molar-refractivity contribution in [2.45, 2.75) is 20.0 Å². The van der Waals surface area contributed by atoms with Crippen LogP contribution in [0.1, 0.15) is 23.0 Å². The topological polar surface area (TPSA) is 68.5 Å². The second kappa shape index (κ2) is 6.99. The molecule has 128 valence electrons. The smallest absolute Gasteiger partial charge is 0.375 e. The van der Waals surface area contributed by atoms with Gasteiger partial charge in [-0.3, -0.25) is 4.79 Å². The van der Waals surface area contributed by atoms with Gasteiger partial charge in [0, 0.05) is 21.7 Å². The van der Waals surface area contributed by atoms with Crippen LogP contribution in [-0.4, -0.2) is 18.0 Å². The van der Waals surface area contributed by atoms with Crippen LogP contribution in [0.15, 0.2) is 52.9 Å². The fraction of sp³-hybridized carbons (Fsp3) is 0.158. The van der Waals surface area contributed by atoms with Gasteiger partial charge in [-0.2, -0.15) is 0 Å². The van der Waals surface area contributed by atoms with Crippen LogP contribution in [0.25, 0.3) is 11.0 Å². The van der Waals surface area contributed by atoms with Gasteiger partial charge in [0.2, 0.25) is 5.76 Å². The molecule has 0 unspecified atom stereocenters. The van der Waals surface area contributed by atoms with Crippen LogP contribution in [0.3, 0.4) is 0 Å². The van der Waals surface area contributed by atoms with E-state index in [1.165, 1.54) is 6.92 Å². The number of anilines is 1. The lowest BCUT2D eigenvalue weighted by Gasteiger charge is -2.13. The van der Waals surface area contributed by atoms with Gasteiger partial charge in [0.05, 0.1) is 0 Å². The molecule has 1 N–H and O–H groups in total. The molecule has 0 saturated heterocycles. The van der Waals surface area contributed by atoms with Crippen molar-refractivity contribution in [1.82, 2.24) is 0 Å². The number of fused-ring (bicyclic) bond motifs is 1. The van der Waals surface area contributed by atoms with E-state index in [0.29, 0.717) is 21.9 Å². The third-order valence-electron chi connectivity index (χ3n) is 3.77. The Morgan fingerprint density at radius 3 is 2.64 bits per heavy atom. The predicted molar refractivity (Wildman–Crippen MR) is 95.9 cm³/mol. The first-order chi connectivity index (χ1) is 12.0. The first kappa shape index (κ1) is 17.0. The molecular formula is C19H16ClNO4. The standard InChI is InChI=1S/C19H16ClNO4/c1-11-15-8-3-4-9-16(15)25-17(11)19(23)24-12(2)18(22)21-14-7-5-6-13(20)10-14/h3-10,12H,1-2H3,(H,21,22)/t12-/m1/s1. The van der Waals surface area contributed by atoms with Gasteiger partial charge in [-0.05, 0) is 38.1 Å². The lowest BCUT2D eigenvalue weighted by atomic mass is 10.1. The average Bonchev–Trinajstić information content (AvgIpc) is 2.92. The SMILES string of the molecule is Cc1c(C(=O)O[C@H](C)C(=O)Nc2cccc(Cl)c2)oc2ccccc12. The minimum Gasteiger partial charge on any atom is -0.449 e. The highest BCUT2D eigenvalue weighted by molar-refractivity contribution is 6.30. The molecule has 1 aromatic heterocycles. The molecule has 3 aromatic rings. The summed E-state index contributed by atoms with van der Waals surface area (Å²) in [6.45, 7) is 3.27. The number of aryl methyl sites for hydroxylation is 1. The number of carbonyl (C=O) groups is 2. The Morgan fingerprint density at radius 1 is 1.16 bits per heavy atom. The van der Waals surface area contributed by atoms with Gasteiger partial charge in [-0.15, -0.1) is 0 Å². The molecule has 0 saturated carbocycles. The van der Waals surface area contributed by atoms with Crippen molar-refractivity contribution in [3.8, 4) is 0 Å². The van der Waals surface area contributed by atoms with Crippen LogP contribution < -0.4 is 5.32 Å². The Bertz CT molecular complexity index is 948. The Labute approximate surface area is 149 Å². The summed E-state index contributed by atoms with van der Waals surface area (Å²) >= 11 is 5.88. The van der Waals surface area contributed by atoms with E-state index in [4.69, 9.17) is 20.8 Å². The van der Waals surface area contributed by atoms with Crippen molar-refractivity contribution in [2.75, 3.05) is 5.32 Å². The molecule has 1 heterocycles. The number of rotatable bonds is 4. The normalized spacial score (nSPS) is 12.0. The molecule has 0 spiro atoms. The largest absolute Gasteiger partial charge is 0.449 e. The summed E-state index contributed by atoms with van der Waals surface area (Å²) in [5.74, 6) is -1.03. The van der Waals surface area contributed by atoms with Gasteiger partial charge in [-0.1, -0.05) is 35.9 Å². The van der Waals surface area contributed by atoms with E-state index in [9.17, 15) is 9.59 Å². The summed E-state index contributed by atoms with van der Waals surface area (Å²) in [5, 5.41) is 3.99. The number of benzene rings is 2. The summed E-state index contributed by atoms with van der Waals surface area (Å²) in [6.07, 6.45) is -0.987. The van der Waals surface area contributed by atoms with Gasteiger partial charge in [0.1, 0.15) is 5.58 Å². The summed E-state index contributed by atoms with van der Waals surface area (Å²) < 4.78 is 10.8. The summed E-state index contributed by atoms with van der Waals surface area (Å²) in [5.41, 5.74) is 1.81. The zero-order valence-electron chi connectivity index (χ0n) is 13.7. The molecule has 1 atom stereocenters. The molecule has 1 amide bonds. The fourth-order valence-corrected chi connectivity index (χ4v) is 2.64. The van der Waals surface area contributed by atoms with Crippen molar-refractivity contribution < 1.29 is 18.7 Å². The lowest BCUT2D eigenvalue weighted by Crippen LogP contribution is -2.30. The quantitative estimate of drug-likeness (QED) is 0.694.